The van der Waals surface area contributed by atoms with Crippen LogP contribution in [-0.2, 0) is 0 Å². The van der Waals surface area contributed by atoms with Crippen molar-refractivity contribution in [3.05, 3.63) is 0 Å². The highest BCUT2D eigenvalue weighted by molar-refractivity contribution is 8.01. The largest absolute Gasteiger partial charge is 0.393 e. The number of anilines is 1. The molecule has 1 aromatic rings. The molecule has 0 spiro atoms. The highest BCUT2D eigenvalue weighted by Gasteiger charge is 2.03. The average Bonchev–Trinajstić information content (AvgIpc) is 2.31. The minimum absolute atomic E-state index is 0.315. The zero-order valence-corrected chi connectivity index (χ0v) is 7.65. The summed E-state index contributed by atoms with van der Waals surface area (Å²) in [7, 11) is 0. The number of hydrogen-bond donors (Lipinski definition) is 2. The lowest BCUT2D eigenvalue weighted by molar-refractivity contribution is 0.220. The lowest BCUT2D eigenvalue weighted by Crippen LogP contribution is -2.01. The molecule has 0 aromatic carbocycles. The summed E-state index contributed by atoms with van der Waals surface area (Å²) in [5.74, 6) is 0.634. The Hall–Kier alpha value is -0.330. The molecule has 0 radical (unpaired) electrons. The zero-order valence-electron chi connectivity index (χ0n) is 6.02. The first kappa shape index (κ1) is 8.76. The molecule has 0 aliphatic rings. The number of nitrogen functional groups attached to an aromatic ring is 1. The predicted octanol–water partition coefficient (Wildman–Crippen LogP) is 0.593. The van der Waals surface area contributed by atoms with Crippen molar-refractivity contribution >= 4 is 28.2 Å². The molecule has 11 heavy (non-hydrogen) atoms. The quantitative estimate of drug-likeness (QED) is 0.684. The number of rotatable bonds is 3. The minimum atomic E-state index is -0.315. The molecule has 62 valence electrons. The summed E-state index contributed by atoms with van der Waals surface area (Å²) in [5, 5.41) is 16.8. The van der Waals surface area contributed by atoms with Crippen molar-refractivity contribution in [1.82, 2.24) is 10.2 Å². The van der Waals surface area contributed by atoms with Crippen molar-refractivity contribution in [2.45, 2.75) is 17.4 Å². The topological polar surface area (TPSA) is 72.0 Å². The van der Waals surface area contributed by atoms with Gasteiger partial charge in [0.1, 0.15) is 0 Å². The standard InChI is InChI=1S/C5H9N3OS2/c1-3(9)2-10-5-8-7-4(6)11-5/h3,9H,2H2,1H3,(H2,6,7). The van der Waals surface area contributed by atoms with Gasteiger partial charge in [0, 0.05) is 5.75 Å². The molecule has 1 atom stereocenters. The Morgan fingerprint density at radius 1 is 1.73 bits per heavy atom. The van der Waals surface area contributed by atoms with Crippen LogP contribution in [0, 0.1) is 0 Å². The molecule has 0 saturated carbocycles. The summed E-state index contributed by atoms with van der Waals surface area (Å²) in [5.41, 5.74) is 5.35. The van der Waals surface area contributed by atoms with Crippen molar-refractivity contribution in [3.8, 4) is 0 Å². The molecule has 0 aliphatic carbocycles. The van der Waals surface area contributed by atoms with E-state index in [-0.39, 0.29) is 6.10 Å². The Balaban J connectivity index is 2.39. The Bertz CT molecular complexity index is 225. The number of aliphatic hydroxyl groups is 1. The summed E-state index contributed by atoms with van der Waals surface area (Å²) < 4.78 is 0.809. The van der Waals surface area contributed by atoms with Gasteiger partial charge < -0.3 is 10.8 Å². The van der Waals surface area contributed by atoms with Crippen molar-refractivity contribution in [2.75, 3.05) is 11.5 Å². The third-order valence-electron chi connectivity index (χ3n) is 0.870. The van der Waals surface area contributed by atoms with Gasteiger partial charge in [0.25, 0.3) is 0 Å². The Morgan fingerprint density at radius 2 is 2.45 bits per heavy atom. The van der Waals surface area contributed by atoms with E-state index in [0.29, 0.717) is 10.9 Å². The molecular formula is C5H9N3OS2. The van der Waals surface area contributed by atoms with Gasteiger partial charge in [-0.15, -0.1) is 10.2 Å². The second-order valence-electron chi connectivity index (χ2n) is 2.07. The van der Waals surface area contributed by atoms with Crippen LogP contribution in [0.5, 0.6) is 0 Å². The Labute approximate surface area is 72.8 Å². The summed E-state index contributed by atoms with van der Waals surface area (Å²) in [6.07, 6.45) is -0.315. The first-order chi connectivity index (χ1) is 5.18. The monoisotopic (exact) mass is 191 g/mol. The molecule has 0 saturated heterocycles. The zero-order chi connectivity index (χ0) is 8.27. The predicted molar refractivity (Wildman–Crippen MR) is 46.7 cm³/mol. The second-order valence-corrected chi connectivity index (χ2v) is 4.34. The molecule has 0 aliphatic heterocycles. The SMILES string of the molecule is CC(O)CSc1nnc(N)s1. The number of nitrogens with two attached hydrogens (primary N) is 1. The minimum Gasteiger partial charge on any atom is -0.393 e. The molecular weight excluding hydrogens is 182 g/mol. The van der Waals surface area contributed by atoms with Crippen molar-refractivity contribution in [2.24, 2.45) is 0 Å². The van der Waals surface area contributed by atoms with Crippen LogP contribution in [0.4, 0.5) is 5.13 Å². The van der Waals surface area contributed by atoms with Gasteiger partial charge in [0.05, 0.1) is 6.10 Å². The van der Waals surface area contributed by atoms with E-state index in [9.17, 15) is 0 Å². The van der Waals surface area contributed by atoms with E-state index in [1.165, 1.54) is 23.1 Å². The molecule has 0 fully saturated rings. The van der Waals surface area contributed by atoms with Crippen molar-refractivity contribution in [1.29, 1.82) is 0 Å². The molecule has 1 heterocycles. The number of thioether (sulfide) groups is 1. The van der Waals surface area contributed by atoms with Gasteiger partial charge in [-0.1, -0.05) is 23.1 Å². The maximum atomic E-state index is 8.92. The van der Waals surface area contributed by atoms with Crippen LogP contribution < -0.4 is 5.73 Å². The molecule has 0 bridgehead atoms. The molecule has 6 heteroatoms. The number of aliphatic hydroxyl groups excluding tert-OH is 1. The lowest BCUT2D eigenvalue weighted by Gasteiger charge is -1.98. The highest BCUT2D eigenvalue weighted by atomic mass is 32.2. The maximum Gasteiger partial charge on any atom is 0.203 e. The third-order valence-corrected chi connectivity index (χ3v) is 3.00. The third kappa shape index (κ3) is 3.04. The fourth-order valence-electron chi connectivity index (χ4n) is 0.471. The lowest BCUT2D eigenvalue weighted by atomic mass is 10.5. The first-order valence-electron chi connectivity index (χ1n) is 3.08. The van der Waals surface area contributed by atoms with Gasteiger partial charge in [-0.25, -0.2) is 0 Å². The van der Waals surface area contributed by atoms with Gasteiger partial charge in [-0.05, 0) is 6.92 Å². The highest BCUT2D eigenvalue weighted by Crippen LogP contribution is 2.23. The van der Waals surface area contributed by atoms with E-state index in [1.807, 2.05) is 0 Å². The van der Waals surface area contributed by atoms with Gasteiger partial charge in [-0.3, -0.25) is 0 Å². The summed E-state index contributed by atoms with van der Waals surface area (Å²) in [4.78, 5) is 0. The normalized spacial score (nSPS) is 13.3. The second kappa shape index (κ2) is 3.89. The van der Waals surface area contributed by atoms with E-state index < -0.39 is 0 Å². The summed E-state index contributed by atoms with van der Waals surface area (Å²) in [6.45, 7) is 1.73. The van der Waals surface area contributed by atoms with E-state index >= 15 is 0 Å². The fraction of sp³-hybridized carbons (Fsp3) is 0.600. The van der Waals surface area contributed by atoms with Crippen LogP contribution in [-0.4, -0.2) is 27.2 Å². The van der Waals surface area contributed by atoms with Crippen LogP contribution in [0.2, 0.25) is 0 Å². The molecule has 1 aromatic heterocycles. The number of nitrogens with zero attached hydrogens (tertiary/aromatic N) is 2. The van der Waals surface area contributed by atoms with E-state index in [4.69, 9.17) is 10.8 Å². The van der Waals surface area contributed by atoms with Gasteiger partial charge >= 0.3 is 0 Å². The Morgan fingerprint density at radius 3 is 2.91 bits per heavy atom. The number of hydrogen-bond acceptors (Lipinski definition) is 6. The van der Waals surface area contributed by atoms with E-state index in [0.717, 1.165) is 4.34 Å². The van der Waals surface area contributed by atoms with Crippen LogP contribution in [0.25, 0.3) is 0 Å². The molecule has 0 amide bonds. The van der Waals surface area contributed by atoms with Crippen molar-refractivity contribution < 1.29 is 5.11 Å². The number of aromatic nitrogens is 2. The first-order valence-corrected chi connectivity index (χ1v) is 4.88. The van der Waals surface area contributed by atoms with E-state index in [1.54, 1.807) is 6.92 Å². The van der Waals surface area contributed by atoms with Crippen LogP contribution in [0.1, 0.15) is 6.92 Å². The van der Waals surface area contributed by atoms with Gasteiger partial charge in [0.15, 0.2) is 4.34 Å². The fourth-order valence-corrected chi connectivity index (χ4v) is 1.99. The van der Waals surface area contributed by atoms with Gasteiger partial charge in [-0.2, -0.15) is 0 Å². The van der Waals surface area contributed by atoms with Crippen molar-refractivity contribution in [3.63, 3.8) is 0 Å². The van der Waals surface area contributed by atoms with Crippen LogP contribution >= 0.6 is 23.1 Å². The van der Waals surface area contributed by atoms with Crippen LogP contribution in [0.3, 0.4) is 0 Å². The summed E-state index contributed by atoms with van der Waals surface area (Å²) >= 11 is 2.80. The van der Waals surface area contributed by atoms with Gasteiger partial charge in [0.2, 0.25) is 5.13 Å². The smallest absolute Gasteiger partial charge is 0.203 e. The molecule has 1 unspecified atom stereocenters. The maximum absolute atomic E-state index is 8.92. The molecule has 3 N–H and O–H groups in total. The summed E-state index contributed by atoms with van der Waals surface area (Å²) in [6, 6.07) is 0. The molecule has 1 rings (SSSR count). The van der Waals surface area contributed by atoms with E-state index in [2.05, 4.69) is 10.2 Å². The molecule has 4 nitrogen and oxygen atoms in total. The average molecular weight is 191 g/mol. The Kier molecular flexibility index (Phi) is 3.10. The van der Waals surface area contributed by atoms with Crippen LogP contribution in [0.15, 0.2) is 4.34 Å².